The number of ether oxygens (including phenoxy) is 2. The predicted molar refractivity (Wildman–Crippen MR) is 121 cm³/mol. The van der Waals surface area contributed by atoms with Gasteiger partial charge in [-0.15, -0.1) is 5.10 Å². The summed E-state index contributed by atoms with van der Waals surface area (Å²) in [7, 11) is 2.65. The highest BCUT2D eigenvalue weighted by Gasteiger charge is 2.36. The maximum atomic E-state index is 15.1. The summed E-state index contributed by atoms with van der Waals surface area (Å²) in [4.78, 5) is 6.49. The van der Waals surface area contributed by atoms with Crippen LogP contribution in [0, 0.1) is 12.7 Å². The van der Waals surface area contributed by atoms with E-state index >= 15 is 4.39 Å². The number of aryl methyl sites for hydroxylation is 1. The van der Waals surface area contributed by atoms with Crippen molar-refractivity contribution in [2.45, 2.75) is 31.9 Å². The summed E-state index contributed by atoms with van der Waals surface area (Å²) >= 11 is 0. The minimum absolute atomic E-state index is 0.0522. The molecule has 2 N–H and O–H groups in total. The number of pyridine rings is 1. The molecule has 1 saturated heterocycles. The quantitative estimate of drug-likeness (QED) is 0.509. The molecule has 1 aliphatic heterocycles. The van der Waals surface area contributed by atoms with Crippen LogP contribution in [0.3, 0.4) is 0 Å². The van der Waals surface area contributed by atoms with E-state index in [1.54, 1.807) is 13.8 Å². The molecule has 4 rings (SSSR count). The van der Waals surface area contributed by atoms with Crippen LogP contribution >= 0.6 is 0 Å². The zero-order valence-corrected chi connectivity index (χ0v) is 19.3. The number of nitrogens with zero attached hydrogens (tertiary/aromatic N) is 4. The Morgan fingerprint density at radius 1 is 1.26 bits per heavy atom. The minimum Gasteiger partial charge on any atom is -0.480 e. The van der Waals surface area contributed by atoms with Crippen LogP contribution in [0.25, 0.3) is 10.9 Å². The summed E-state index contributed by atoms with van der Waals surface area (Å²) in [5.41, 5.74) is 1.10. The Morgan fingerprint density at radius 2 is 2.00 bits per heavy atom. The van der Waals surface area contributed by atoms with E-state index < -0.39 is 36.1 Å². The van der Waals surface area contributed by atoms with Gasteiger partial charge < -0.3 is 24.8 Å². The number of fused-ring (bicyclic) bond motifs is 1. The Hall–Kier alpha value is -3.18. The van der Waals surface area contributed by atoms with E-state index in [1.807, 2.05) is 11.0 Å². The third-order valence-corrected chi connectivity index (χ3v) is 5.83. The molecule has 0 aliphatic carbocycles. The van der Waals surface area contributed by atoms with Crippen molar-refractivity contribution in [3.05, 3.63) is 46.9 Å². The van der Waals surface area contributed by atoms with Gasteiger partial charge in [-0.25, -0.2) is 9.37 Å². The Labute approximate surface area is 194 Å². The molecule has 0 radical (unpaired) electrons. The molecular formula is C23H26F3N5O3. The third-order valence-electron chi connectivity index (χ3n) is 5.83. The van der Waals surface area contributed by atoms with Crippen molar-refractivity contribution in [1.29, 1.82) is 0 Å². The van der Waals surface area contributed by atoms with E-state index in [9.17, 15) is 13.9 Å². The normalized spacial score (nSPS) is 15.4. The summed E-state index contributed by atoms with van der Waals surface area (Å²) in [5.74, 6) is -3.78. The first-order valence-electron chi connectivity index (χ1n) is 10.7. The molecule has 2 aromatic heterocycles. The zero-order chi connectivity index (χ0) is 24.6. The van der Waals surface area contributed by atoms with Crippen molar-refractivity contribution in [2.75, 3.05) is 44.1 Å². The average molecular weight is 477 g/mol. The van der Waals surface area contributed by atoms with Crippen molar-refractivity contribution < 1.29 is 27.8 Å². The summed E-state index contributed by atoms with van der Waals surface area (Å²) in [6.07, 6.45) is -0.429. The molecule has 0 spiro atoms. The van der Waals surface area contributed by atoms with Crippen molar-refractivity contribution >= 4 is 22.4 Å². The maximum absolute atomic E-state index is 15.1. The fourth-order valence-electron chi connectivity index (χ4n) is 4.01. The Balaban J connectivity index is 1.72. The predicted octanol–water partition coefficient (Wildman–Crippen LogP) is 3.57. The molecule has 0 bridgehead atoms. The highest BCUT2D eigenvalue weighted by atomic mass is 19.3. The third kappa shape index (κ3) is 4.32. The summed E-state index contributed by atoms with van der Waals surface area (Å²) < 4.78 is 53.8. The second kappa shape index (κ2) is 9.22. The van der Waals surface area contributed by atoms with E-state index in [0.29, 0.717) is 47.1 Å². The first-order valence-corrected chi connectivity index (χ1v) is 10.7. The van der Waals surface area contributed by atoms with Gasteiger partial charge in [-0.2, -0.15) is 13.9 Å². The average Bonchev–Trinajstić information content (AvgIpc) is 2.78. The van der Waals surface area contributed by atoms with Crippen LogP contribution in [0.5, 0.6) is 5.88 Å². The molecule has 182 valence electrons. The number of halogens is 3. The monoisotopic (exact) mass is 477 g/mol. The van der Waals surface area contributed by atoms with Crippen LogP contribution in [0.1, 0.15) is 29.8 Å². The number of aromatic nitrogens is 3. The fourth-order valence-corrected chi connectivity index (χ4v) is 4.01. The molecule has 0 saturated carbocycles. The number of hydrogen-bond donors (Lipinski definition) is 2. The van der Waals surface area contributed by atoms with Crippen molar-refractivity contribution in [3.63, 3.8) is 0 Å². The highest BCUT2D eigenvalue weighted by molar-refractivity contribution is 5.94. The van der Waals surface area contributed by atoms with Gasteiger partial charge in [0.1, 0.15) is 23.6 Å². The number of methoxy groups -OCH3 is 2. The lowest BCUT2D eigenvalue weighted by Crippen LogP contribution is -2.51. The molecule has 3 aromatic rings. The zero-order valence-electron chi connectivity index (χ0n) is 19.3. The lowest BCUT2D eigenvalue weighted by molar-refractivity contribution is -0.0722. The Kier molecular flexibility index (Phi) is 6.50. The molecule has 3 heterocycles. The lowest BCUT2D eigenvalue weighted by atomic mass is 10.00. The van der Waals surface area contributed by atoms with E-state index in [-0.39, 0.29) is 5.56 Å². The Morgan fingerprint density at radius 3 is 2.65 bits per heavy atom. The van der Waals surface area contributed by atoms with Gasteiger partial charge in [0.15, 0.2) is 5.82 Å². The van der Waals surface area contributed by atoms with Crippen LogP contribution in [-0.4, -0.2) is 60.3 Å². The molecule has 1 fully saturated rings. The van der Waals surface area contributed by atoms with Crippen LogP contribution in [0.4, 0.5) is 24.7 Å². The van der Waals surface area contributed by atoms with Gasteiger partial charge in [-0.05, 0) is 26.0 Å². The molecule has 1 aliphatic rings. The Bertz CT molecular complexity index is 1200. The number of anilines is 2. The number of aliphatic hydroxyl groups excluding tert-OH is 1. The molecule has 34 heavy (non-hydrogen) atoms. The fraction of sp³-hybridized carbons (Fsp3) is 0.435. The van der Waals surface area contributed by atoms with E-state index in [0.717, 1.165) is 13.2 Å². The van der Waals surface area contributed by atoms with Crippen molar-refractivity contribution in [1.82, 2.24) is 15.2 Å². The topological polar surface area (TPSA) is 92.6 Å². The van der Waals surface area contributed by atoms with Gasteiger partial charge in [0.2, 0.25) is 5.88 Å². The van der Waals surface area contributed by atoms with Gasteiger partial charge in [0, 0.05) is 31.1 Å². The highest BCUT2D eigenvalue weighted by Crippen LogP contribution is 2.37. The second-order valence-corrected chi connectivity index (χ2v) is 8.32. The SMILES string of the molecule is COCC(F)(F)c1cccc([C@@H](C)Nc2nnc(C)c3nc(OC)c(N4CC(O)C4)cc23)c1F. The van der Waals surface area contributed by atoms with Gasteiger partial charge in [0.05, 0.1) is 30.5 Å². The second-order valence-electron chi connectivity index (χ2n) is 8.32. The number of β-amino-alcohol motifs (C(OH)–C–C–N with tert-alkyl or cyclic N) is 1. The van der Waals surface area contributed by atoms with Crippen LogP contribution in [0.15, 0.2) is 24.3 Å². The maximum Gasteiger partial charge on any atom is 0.298 e. The standard InChI is InChI=1S/C23H26F3N5O3/c1-12(15-6-5-7-17(19(15)24)23(25,26)11-33-3)27-21-16-8-18(31-9-14(32)10-31)22(34-4)28-20(16)13(2)29-30-21/h5-8,12,14,32H,9-11H2,1-4H3,(H,27,30)/t12-/m1/s1. The first-order chi connectivity index (χ1) is 16.2. The van der Waals surface area contributed by atoms with Crippen LogP contribution in [-0.2, 0) is 10.7 Å². The lowest BCUT2D eigenvalue weighted by Gasteiger charge is -2.38. The molecule has 0 unspecified atom stereocenters. The van der Waals surface area contributed by atoms with Gasteiger partial charge in [-0.3, -0.25) is 0 Å². The number of rotatable bonds is 8. The number of nitrogens with one attached hydrogen (secondary N) is 1. The van der Waals surface area contributed by atoms with E-state index in [2.05, 4.69) is 25.2 Å². The van der Waals surface area contributed by atoms with Crippen molar-refractivity contribution in [3.8, 4) is 5.88 Å². The van der Waals surface area contributed by atoms with Crippen LogP contribution in [0.2, 0.25) is 0 Å². The summed E-state index contributed by atoms with van der Waals surface area (Å²) in [5, 5.41) is 21.8. The van der Waals surface area contributed by atoms with Gasteiger partial charge in [0.25, 0.3) is 5.92 Å². The number of alkyl halides is 2. The number of hydrogen-bond acceptors (Lipinski definition) is 8. The van der Waals surface area contributed by atoms with E-state index in [1.165, 1.54) is 19.2 Å². The minimum atomic E-state index is -3.47. The van der Waals surface area contributed by atoms with Crippen LogP contribution < -0.4 is 15.0 Å². The number of aliphatic hydroxyl groups is 1. The molecule has 11 heteroatoms. The molecule has 1 aromatic carbocycles. The van der Waals surface area contributed by atoms with Gasteiger partial charge in [-0.1, -0.05) is 12.1 Å². The smallest absolute Gasteiger partial charge is 0.298 e. The summed E-state index contributed by atoms with van der Waals surface area (Å²) in [6, 6.07) is 4.99. The van der Waals surface area contributed by atoms with E-state index in [4.69, 9.17) is 4.74 Å². The molecule has 0 amide bonds. The van der Waals surface area contributed by atoms with Gasteiger partial charge >= 0.3 is 0 Å². The molecule has 8 nitrogen and oxygen atoms in total. The molecule has 1 atom stereocenters. The first kappa shape index (κ1) is 24.0. The largest absolute Gasteiger partial charge is 0.480 e. The summed E-state index contributed by atoms with van der Waals surface area (Å²) in [6.45, 7) is 3.35. The van der Waals surface area contributed by atoms with Crippen molar-refractivity contribution in [2.24, 2.45) is 0 Å². The molecular weight excluding hydrogens is 451 g/mol. The number of benzene rings is 1.